The zero-order valence-corrected chi connectivity index (χ0v) is 11.0. The van der Waals surface area contributed by atoms with Crippen molar-refractivity contribution >= 4 is 17.4 Å². The molecule has 0 aliphatic rings. The highest BCUT2D eigenvalue weighted by molar-refractivity contribution is 7.99. The highest BCUT2D eigenvalue weighted by atomic mass is 32.2. The summed E-state index contributed by atoms with van der Waals surface area (Å²) in [6, 6.07) is 7.63. The zero-order valence-electron chi connectivity index (χ0n) is 10.1. The number of aryl methyl sites for hydroxylation is 2. The van der Waals surface area contributed by atoms with Crippen molar-refractivity contribution < 1.29 is 0 Å². The minimum atomic E-state index is 0.463. The van der Waals surface area contributed by atoms with Gasteiger partial charge in [-0.15, -0.1) is 0 Å². The Hall–Kier alpha value is -2.06. The SMILES string of the molecule is Cc1cc(C)nc(Sc2ncc(C#N)cc2N)c1. The molecule has 2 N–H and O–H groups in total. The van der Waals surface area contributed by atoms with Crippen LogP contribution in [0.2, 0.25) is 0 Å². The quantitative estimate of drug-likeness (QED) is 0.894. The van der Waals surface area contributed by atoms with Crippen LogP contribution in [0.15, 0.2) is 34.4 Å². The molecule has 0 aromatic carbocycles. The molecule has 0 saturated carbocycles. The van der Waals surface area contributed by atoms with Crippen LogP contribution in [0.5, 0.6) is 0 Å². The molecule has 0 aliphatic heterocycles. The smallest absolute Gasteiger partial charge is 0.125 e. The maximum atomic E-state index is 8.75. The first-order valence-corrected chi connectivity index (χ1v) is 6.19. The van der Waals surface area contributed by atoms with E-state index in [0.717, 1.165) is 16.3 Å². The normalized spacial score (nSPS) is 10.1. The summed E-state index contributed by atoms with van der Waals surface area (Å²) in [5.41, 5.74) is 8.93. The van der Waals surface area contributed by atoms with Crippen molar-refractivity contribution in [3.8, 4) is 6.07 Å². The Morgan fingerprint density at radius 1 is 1.28 bits per heavy atom. The van der Waals surface area contributed by atoms with Gasteiger partial charge in [0.15, 0.2) is 0 Å². The van der Waals surface area contributed by atoms with Gasteiger partial charge in [0.05, 0.1) is 11.3 Å². The molecular formula is C13H12N4S. The zero-order chi connectivity index (χ0) is 13.1. The molecule has 0 saturated heterocycles. The molecule has 0 spiro atoms. The molecular weight excluding hydrogens is 244 g/mol. The van der Waals surface area contributed by atoms with Crippen molar-refractivity contribution in [1.29, 1.82) is 5.26 Å². The highest BCUT2D eigenvalue weighted by Crippen LogP contribution is 2.29. The van der Waals surface area contributed by atoms with Gasteiger partial charge in [-0.1, -0.05) is 0 Å². The number of hydrogen-bond acceptors (Lipinski definition) is 5. The summed E-state index contributed by atoms with van der Waals surface area (Å²) in [7, 11) is 0. The molecule has 0 aliphatic carbocycles. The summed E-state index contributed by atoms with van der Waals surface area (Å²) in [5.74, 6) is 0. The highest BCUT2D eigenvalue weighted by Gasteiger charge is 2.07. The molecule has 2 aromatic heterocycles. The lowest BCUT2D eigenvalue weighted by Gasteiger charge is -2.05. The van der Waals surface area contributed by atoms with E-state index >= 15 is 0 Å². The summed E-state index contributed by atoms with van der Waals surface area (Å²) >= 11 is 1.41. The van der Waals surface area contributed by atoms with Gasteiger partial charge in [0, 0.05) is 11.9 Å². The molecule has 0 atom stereocenters. The van der Waals surface area contributed by atoms with E-state index in [4.69, 9.17) is 11.0 Å². The number of nitriles is 1. The van der Waals surface area contributed by atoms with Gasteiger partial charge in [-0.3, -0.25) is 0 Å². The van der Waals surface area contributed by atoms with E-state index in [-0.39, 0.29) is 0 Å². The van der Waals surface area contributed by atoms with Crippen LogP contribution in [-0.2, 0) is 0 Å². The fraction of sp³-hybridized carbons (Fsp3) is 0.154. The molecule has 4 nitrogen and oxygen atoms in total. The van der Waals surface area contributed by atoms with E-state index < -0.39 is 0 Å². The fourth-order valence-corrected chi connectivity index (χ4v) is 2.49. The average Bonchev–Trinajstić information content (AvgIpc) is 2.30. The first-order chi connectivity index (χ1) is 8.58. The third-order valence-electron chi connectivity index (χ3n) is 2.28. The van der Waals surface area contributed by atoms with Gasteiger partial charge < -0.3 is 5.73 Å². The van der Waals surface area contributed by atoms with Crippen LogP contribution >= 0.6 is 11.8 Å². The van der Waals surface area contributed by atoms with Crippen molar-refractivity contribution in [2.45, 2.75) is 23.9 Å². The predicted molar refractivity (Wildman–Crippen MR) is 71.2 cm³/mol. The van der Waals surface area contributed by atoms with E-state index in [0.29, 0.717) is 16.3 Å². The van der Waals surface area contributed by atoms with Crippen LogP contribution in [0.3, 0.4) is 0 Å². The van der Waals surface area contributed by atoms with Gasteiger partial charge in [0.25, 0.3) is 0 Å². The van der Waals surface area contributed by atoms with Gasteiger partial charge in [-0.2, -0.15) is 5.26 Å². The number of anilines is 1. The monoisotopic (exact) mass is 256 g/mol. The van der Waals surface area contributed by atoms with Gasteiger partial charge in [0.2, 0.25) is 0 Å². The molecule has 2 rings (SSSR count). The Morgan fingerprint density at radius 3 is 2.67 bits per heavy atom. The second-order valence-corrected chi connectivity index (χ2v) is 4.97. The number of rotatable bonds is 2. The molecule has 0 radical (unpaired) electrons. The lowest BCUT2D eigenvalue weighted by molar-refractivity contribution is 1.04. The Morgan fingerprint density at radius 2 is 2.06 bits per heavy atom. The van der Waals surface area contributed by atoms with Crippen LogP contribution in [0, 0.1) is 25.2 Å². The molecule has 90 valence electrons. The average molecular weight is 256 g/mol. The van der Waals surface area contributed by atoms with Gasteiger partial charge in [-0.25, -0.2) is 9.97 Å². The first kappa shape index (κ1) is 12.4. The molecule has 2 aromatic rings. The summed E-state index contributed by atoms with van der Waals surface area (Å²) in [6.07, 6.45) is 1.52. The Labute approximate surface area is 110 Å². The summed E-state index contributed by atoms with van der Waals surface area (Å²) in [5, 5.41) is 10.3. The van der Waals surface area contributed by atoms with Crippen LogP contribution < -0.4 is 5.73 Å². The molecule has 0 unspecified atom stereocenters. The lowest BCUT2D eigenvalue weighted by atomic mass is 10.3. The van der Waals surface area contributed by atoms with Crippen molar-refractivity contribution in [3.63, 3.8) is 0 Å². The Balaban J connectivity index is 2.31. The first-order valence-electron chi connectivity index (χ1n) is 5.37. The van der Waals surface area contributed by atoms with Crippen molar-refractivity contribution in [1.82, 2.24) is 9.97 Å². The van der Waals surface area contributed by atoms with E-state index in [1.165, 1.54) is 18.0 Å². The minimum absolute atomic E-state index is 0.463. The van der Waals surface area contributed by atoms with Crippen molar-refractivity contribution in [2.75, 3.05) is 5.73 Å². The summed E-state index contributed by atoms with van der Waals surface area (Å²) < 4.78 is 0. The van der Waals surface area contributed by atoms with Crippen LogP contribution in [0.1, 0.15) is 16.8 Å². The Kier molecular flexibility index (Phi) is 3.49. The van der Waals surface area contributed by atoms with E-state index in [2.05, 4.69) is 9.97 Å². The second-order valence-electron chi connectivity index (χ2n) is 3.96. The summed E-state index contributed by atoms with van der Waals surface area (Å²) in [4.78, 5) is 8.59. The number of aromatic nitrogens is 2. The maximum absolute atomic E-state index is 8.75. The standard InChI is InChI=1S/C13H12N4S/c1-8-3-9(2)17-12(4-8)18-13-11(15)5-10(6-14)7-16-13/h3-5,7H,15H2,1-2H3. The molecule has 0 bridgehead atoms. The molecule has 0 amide bonds. The number of nitrogen functional groups attached to an aromatic ring is 1. The van der Waals surface area contributed by atoms with E-state index in [1.54, 1.807) is 6.07 Å². The third kappa shape index (κ3) is 2.79. The number of hydrogen-bond donors (Lipinski definition) is 1. The van der Waals surface area contributed by atoms with Crippen LogP contribution in [0.4, 0.5) is 5.69 Å². The topological polar surface area (TPSA) is 75.6 Å². The Bertz CT molecular complexity index is 611. The van der Waals surface area contributed by atoms with E-state index in [9.17, 15) is 0 Å². The van der Waals surface area contributed by atoms with Gasteiger partial charge in [-0.05, 0) is 49.4 Å². The largest absolute Gasteiger partial charge is 0.396 e. The van der Waals surface area contributed by atoms with Crippen LogP contribution in [-0.4, -0.2) is 9.97 Å². The molecule has 2 heterocycles. The number of nitrogens with two attached hydrogens (primary N) is 1. The molecule has 0 fully saturated rings. The number of nitrogens with zero attached hydrogens (tertiary/aromatic N) is 3. The third-order valence-corrected chi connectivity index (χ3v) is 3.24. The van der Waals surface area contributed by atoms with Gasteiger partial charge in [0.1, 0.15) is 16.1 Å². The van der Waals surface area contributed by atoms with Crippen molar-refractivity contribution in [3.05, 3.63) is 41.2 Å². The molecule has 5 heteroatoms. The van der Waals surface area contributed by atoms with Gasteiger partial charge >= 0.3 is 0 Å². The fourth-order valence-electron chi connectivity index (χ4n) is 1.57. The predicted octanol–water partition coefficient (Wildman–Crippen LogP) is 2.70. The minimum Gasteiger partial charge on any atom is -0.396 e. The lowest BCUT2D eigenvalue weighted by Crippen LogP contribution is -1.94. The maximum Gasteiger partial charge on any atom is 0.125 e. The number of pyridine rings is 2. The van der Waals surface area contributed by atoms with E-state index in [1.807, 2.05) is 32.0 Å². The van der Waals surface area contributed by atoms with Crippen molar-refractivity contribution in [2.24, 2.45) is 0 Å². The summed E-state index contributed by atoms with van der Waals surface area (Å²) in [6.45, 7) is 3.97. The molecule has 18 heavy (non-hydrogen) atoms. The van der Waals surface area contributed by atoms with Crippen LogP contribution in [0.25, 0.3) is 0 Å². The second kappa shape index (κ2) is 5.07.